The van der Waals surface area contributed by atoms with Crippen molar-refractivity contribution in [2.24, 2.45) is 0 Å². The Labute approximate surface area is 185 Å². The molecule has 4 aromatic carbocycles. The zero-order valence-electron chi connectivity index (χ0n) is 13.5. The van der Waals surface area contributed by atoms with Crippen molar-refractivity contribution < 1.29 is 34.1 Å². The molecule has 0 aliphatic rings. The van der Waals surface area contributed by atoms with Crippen molar-refractivity contribution >= 4 is 21.1 Å². The quantitative estimate of drug-likeness (QED) is 0.255. The van der Waals surface area contributed by atoms with Crippen LogP contribution in [0.1, 0.15) is 0 Å². The first-order chi connectivity index (χ1) is 11.4. The molecule has 138 valence electrons. The summed E-state index contributed by atoms with van der Waals surface area (Å²) in [6.45, 7) is 0. The molecule has 4 rings (SSSR count). The zero-order valence-corrected chi connectivity index (χ0v) is 18.6. The maximum atomic E-state index is 2.62. The van der Waals surface area contributed by atoms with E-state index in [0.717, 1.165) is 0 Å². The molecule has 4 aromatic rings. The second-order valence-electron chi connectivity index (χ2n) is 3.23. The Hall–Kier alpha value is -0.762. The molecule has 0 aromatic heterocycles. The van der Waals surface area contributed by atoms with Gasteiger partial charge >= 0.3 is 31.0 Å². The first-order valence-electron chi connectivity index (χ1n) is 6.31. The molecule has 0 N–H and O–H groups in total. The molecule has 2 radical (unpaired) electrons. The van der Waals surface area contributed by atoms with E-state index in [4.69, 9.17) is 0 Å². The van der Waals surface area contributed by atoms with Gasteiger partial charge in [-0.1, -0.05) is 0 Å². The SMILES string of the molecule is [CH3][Sn][CH3].[Fe].[Fe].[c-]1[c-][c-][cH-][c-]1.[c-]1[c-][c-][cH-][c-]1.[c-]1[c-][c-][cH-][c-]1.[c-]1[c-][c-][cH-][c-]1. The van der Waals surface area contributed by atoms with Gasteiger partial charge in [0, 0.05) is 34.1 Å². The smallest absolute Gasteiger partial charge is 0 e. The molecule has 0 spiro atoms. The Morgan fingerprint density at radius 2 is 0.520 bits per heavy atom. The third kappa shape index (κ3) is 28.3. The molecule has 0 amide bonds. The normalized spacial score (nSPS) is 7.12. The maximum absolute atomic E-state index is 2.62. The monoisotopic (exact) mass is 506 g/mol. The predicted molar refractivity (Wildman–Crippen MR) is 87.0 cm³/mol. The molecule has 3 heteroatoms. The average molecular weight is 505 g/mol. The summed E-state index contributed by atoms with van der Waals surface area (Å²) in [7, 11) is 0. The first-order valence-corrected chi connectivity index (χ1v) is 12.0. The molecule has 0 nitrogen and oxygen atoms in total. The van der Waals surface area contributed by atoms with Crippen molar-refractivity contribution in [2.45, 2.75) is 9.88 Å². The molecule has 0 aliphatic carbocycles. The summed E-state index contributed by atoms with van der Waals surface area (Å²) in [5, 5.41) is 0. The Morgan fingerprint density at radius 3 is 0.560 bits per heavy atom. The minimum atomic E-state index is 0. The van der Waals surface area contributed by atoms with Crippen molar-refractivity contribution in [2.75, 3.05) is 0 Å². The van der Waals surface area contributed by atoms with Crippen molar-refractivity contribution in [1.29, 1.82) is 0 Å². The van der Waals surface area contributed by atoms with E-state index in [9.17, 15) is 0 Å². The van der Waals surface area contributed by atoms with Gasteiger partial charge in [0.1, 0.15) is 0 Å². The summed E-state index contributed by atoms with van der Waals surface area (Å²) in [6.07, 6.45) is 0. The summed E-state index contributed by atoms with van der Waals surface area (Å²) >= 11 is 0.230. The molecule has 0 aliphatic heterocycles. The van der Waals surface area contributed by atoms with Crippen LogP contribution in [0, 0.1) is 97.1 Å². The van der Waals surface area contributed by atoms with Crippen LogP contribution in [0.4, 0.5) is 0 Å². The van der Waals surface area contributed by atoms with E-state index in [0.29, 0.717) is 0 Å². The van der Waals surface area contributed by atoms with E-state index in [1.165, 1.54) is 0 Å². The van der Waals surface area contributed by atoms with Crippen LogP contribution in [0.2, 0.25) is 9.88 Å². The van der Waals surface area contributed by atoms with Gasteiger partial charge < -0.3 is 121 Å². The molecule has 0 bridgehead atoms. The fourth-order valence-electron chi connectivity index (χ4n) is 0.722. The molecule has 25 heavy (non-hydrogen) atoms. The van der Waals surface area contributed by atoms with E-state index in [1.54, 1.807) is 24.3 Å². The summed E-state index contributed by atoms with van der Waals surface area (Å²) in [4.78, 5) is 4.59. The van der Waals surface area contributed by atoms with Crippen molar-refractivity contribution in [3.05, 3.63) is 121 Å². The largest absolute Gasteiger partial charge is 0.999 e. The Bertz CT molecular complexity index is 361. The van der Waals surface area contributed by atoms with Gasteiger partial charge in [0.05, 0.1) is 0 Å². The van der Waals surface area contributed by atoms with Crippen LogP contribution in [-0.4, -0.2) is 21.1 Å². The third-order valence-corrected chi connectivity index (χ3v) is 1.40. The van der Waals surface area contributed by atoms with Crippen LogP contribution in [0.3, 0.4) is 0 Å². The van der Waals surface area contributed by atoms with Crippen LogP contribution in [0.15, 0.2) is 24.3 Å². The molecule has 0 saturated heterocycles. The fourth-order valence-corrected chi connectivity index (χ4v) is 0.722. The van der Waals surface area contributed by atoms with Crippen LogP contribution >= 0.6 is 0 Å². The summed E-state index contributed by atoms with van der Waals surface area (Å²) < 4.78 is 0. The minimum Gasteiger partial charge on any atom is -0.999 e. The van der Waals surface area contributed by atoms with Gasteiger partial charge in [-0.25, -0.2) is 0 Å². The van der Waals surface area contributed by atoms with Gasteiger partial charge in [-0.3, -0.25) is 0 Å². The fraction of sp³-hybridized carbons (Fsp3) is 0.0909. The van der Waals surface area contributed by atoms with Gasteiger partial charge in [0.25, 0.3) is 0 Å². The second-order valence-corrected chi connectivity index (χ2v) is 6.09. The zero-order chi connectivity index (χ0) is 16.8. The topological polar surface area (TPSA) is 0 Å². The molecular formula is C22H10Fe2Sn-20. The van der Waals surface area contributed by atoms with E-state index >= 15 is 0 Å². The van der Waals surface area contributed by atoms with Gasteiger partial charge in [-0.05, 0) is 0 Å². The molecule has 0 fully saturated rings. The van der Waals surface area contributed by atoms with E-state index in [-0.39, 0.29) is 55.3 Å². The van der Waals surface area contributed by atoms with Crippen LogP contribution in [0.25, 0.3) is 0 Å². The van der Waals surface area contributed by atoms with Crippen molar-refractivity contribution in [1.82, 2.24) is 0 Å². The Balaban J connectivity index is -0.000000240. The van der Waals surface area contributed by atoms with E-state index < -0.39 is 0 Å². The van der Waals surface area contributed by atoms with Gasteiger partial charge in [-0.2, -0.15) is 0 Å². The average Bonchev–Trinajstić information content (AvgIpc) is 3.47. The Morgan fingerprint density at radius 1 is 0.400 bits per heavy atom. The third-order valence-electron chi connectivity index (χ3n) is 1.40. The van der Waals surface area contributed by atoms with Gasteiger partial charge in [0.15, 0.2) is 0 Å². The second kappa shape index (κ2) is 28.1. The van der Waals surface area contributed by atoms with E-state index in [2.05, 4.69) is 107 Å². The van der Waals surface area contributed by atoms with Crippen LogP contribution in [-0.2, 0) is 34.1 Å². The van der Waals surface area contributed by atoms with E-state index in [1.807, 2.05) is 0 Å². The molecule has 0 heterocycles. The van der Waals surface area contributed by atoms with Crippen LogP contribution in [0.5, 0.6) is 0 Å². The van der Waals surface area contributed by atoms with Gasteiger partial charge in [0.2, 0.25) is 0 Å². The molecule has 0 saturated carbocycles. The standard InChI is InChI=1S/4C5H.2CH3.2Fe.Sn/c4*1-2-4-5-3-1;;;;;/h4*1H;2*1H3;;;/q4*-5;;;;;. The number of hydrogen-bond donors (Lipinski definition) is 0. The summed E-state index contributed by atoms with van der Waals surface area (Å²) in [5.41, 5.74) is 0. The summed E-state index contributed by atoms with van der Waals surface area (Å²) in [6, 6.07) is 48.0. The minimum absolute atomic E-state index is 0. The number of rotatable bonds is 0. The maximum Gasteiger partial charge on any atom is 0 e. The Kier molecular flexibility index (Phi) is 32.6. The molecular weight excluding hydrogens is 495 g/mol. The number of hydrogen-bond acceptors (Lipinski definition) is 0. The van der Waals surface area contributed by atoms with Crippen LogP contribution < -0.4 is 0 Å². The van der Waals surface area contributed by atoms with Gasteiger partial charge in [-0.15, -0.1) is 0 Å². The first kappa shape index (κ1) is 29.0. The molecule has 0 atom stereocenters. The summed E-state index contributed by atoms with van der Waals surface area (Å²) in [5.74, 6) is 0. The van der Waals surface area contributed by atoms with Crippen molar-refractivity contribution in [3.8, 4) is 0 Å². The predicted octanol–water partition coefficient (Wildman–Crippen LogP) is 3.21. The molecule has 0 unspecified atom stereocenters. The van der Waals surface area contributed by atoms with Crippen molar-refractivity contribution in [3.63, 3.8) is 0 Å².